The number of allylic oxidation sites excluding steroid dienone is 1. The average molecular weight is 352 g/mol. The second-order valence-corrected chi connectivity index (χ2v) is 6.76. The van der Waals surface area contributed by atoms with E-state index in [0.717, 1.165) is 51.7 Å². The molecule has 136 valence electrons. The number of hydrogen-bond acceptors (Lipinski definition) is 4. The second-order valence-electron chi connectivity index (χ2n) is 6.76. The minimum absolute atomic E-state index is 0.214. The number of esters is 1. The fraction of sp³-hybridized carbons (Fsp3) is 0.381. The van der Waals surface area contributed by atoms with Gasteiger partial charge in [0.25, 0.3) is 0 Å². The van der Waals surface area contributed by atoms with Crippen LogP contribution >= 0.6 is 0 Å². The van der Waals surface area contributed by atoms with Gasteiger partial charge in [0.05, 0.1) is 29.2 Å². The van der Waals surface area contributed by atoms with Gasteiger partial charge in [0, 0.05) is 5.56 Å². The fourth-order valence-corrected chi connectivity index (χ4v) is 3.76. The normalized spacial score (nSPS) is 21.2. The van der Waals surface area contributed by atoms with Crippen molar-refractivity contribution < 1.29 is 14.3 Å². The van der Waals surface area contributed by atoms with Crippen LogP contribution in [0.15, 0.2) is 17.2 Å². The molecule has 3 heterocycles. The molecule has 3 rings (SSSR count). The van der Waals surface area contributed by atoms with Crippen LogP contribution < -0.4 is 10.6 Å². The zero-order chi connectivity index (χ0) is 19.0. The van der Waals surface area contributed by atoms with E-state index in [0.29, 0.717) is 18.3 Å². The molecular weight excluding hydrogens is 328 g/mol. The molecule has 0 fully saturated rings. The maximum Gasteiger partial charge on any atom is 0.313 e. The van der Waals surface area contributed by atoms with Crippen molar-refractivity contribution in [2.45, 2.75) is 40.2 Å². The van der Waals surface area contributed by atoms with Gasteiger partial charge in [-0.15, -0.1) is 0 Å². The first kappa shape index (κ1) is 18.1. The highest BCUT2D eigenvalue weighted by molar-refractivity contribution is 5.84. The number of rotatable bonds is 4. The van der Waals surface area contributed by atoms with Crippen molar-refractivity contribution in [1.29, 1.82) is 0 Å². The Labute approximate surface area is 153 Å². The van der Waals surface area contributed by atoms with E-state index in [2.05, 4.69) is 25.1 Å². The third-order valence-corrected chi connectivity index (χ3v) is 5.25. The third kappa shape index (κ3) is 2.77. The SMILES string of the molecule is C=c1nc2c(c(CC)c1=C)CN(C=O)/C2=C\C1=C(C)COC(=O)C1CC. The number of ether oxygens (including phenoxy) is 1. The molecule has 26 heavy (non-hydrogen) atoms. The minimum Gasteiger partial charge on any atom is -0.461 e. The van der Waals surface area contributed by atoms with Crippen molar-refractivity contribution in [2.24, 2.45) is 5.92 Å². The van der Waals surface area contributed by atoms with Crippen LogP contribution in [-0.2, 0) is 27.3 Å². The Bertz CT molecular complexity index is 943. The van der Waals surface area contributed by atoms with Gasteiger partial charge in [0.15, 0.2) is 0 Å². The highest BCUT2D eigenvalue weighted by atomic mass is 16.5. The molecule has 0 aliphatic carbocycles. The summed E-state index contributed by atoms with van der Waals surface area (Å²) in [6.07, 6.45) is 4.20. The highest BCUT2D eigenvalue weighted by Gasteiger charge is 2.32. The molecule has 1 aromatic rings. The van der Waals surface area contributed by atoms with E-state index in [9.17, 15) is 9.59 Å². The van der Waals surface area contributed by atoms with Crippen LogP contribution in [0.3, 0.4) is 0 Å². The first-order valence-corrected chi connectivity index (χ1v) is 8.92. The lowest BCUT2D eigenvalue weighted by molar-refractivity contribution is -0.147. The molecule has 1 unspecified atom stereocenters. The minimum atomic E-state index is -0.314. The molecule has 0 bridgehead atoms. The molecule has 1 amide bonds. The summed E-state index contributed by atoms with van der Waals surface area (Å²) in [5.41, 5.74) is 5.52. The Kier molecular flexibility index (Phi) is 4.81. The van der Waals surface area contributed by atoms with E-state index < -0.39 is 0 Å². The van der Waals surface area contributed by atoms with E-state index in [-0.39, 0.29) is 18.5 Å². The molecule has 2 aliphatic heterocycles. The van der Waals surface area contributed by atoms with Gasteiger partial charge in [-0.3, -0.25) is 9.59 Å². The van der Waals surface area contributed by atoms with Gasteiger partial charge >= 0.3 is 5.97 Å². The number of carbonyl (C=O) groups is 2. The number of fused-ring (bicyclic) bond motifs is 1. The number of amides is 1. The second kappa shape index (κ2) is 6.90. The van der Waals surface area contributed by atoms with Gasteiger partial charge in [0.1, 0.15) is 6.61 Å². The Morgan fingerprint density at radius 2 is 2.08 bits per heavy atom. The molecule has 0 radical (unpaired) electrons. The van der Waals surface area contributed by atoms with E-state index in [1.54, 1.807) is 4.90 Å². The summed E-state index contributed by atoms with van der Waals surface area (Å²) in [4.78, 5) is 30.1. The van der Waals surface area contributed by atoms with E-state index in [1.165, 1.54) is 0 Å². The van der Waals surface area contributed by atoms with Crippen molar-refractivity contribution in [3.8, 4) is 0 Å². The Morgan fingerprint density at radius 3 is 2.69 bits per heavy atom. The first-order valence-electron chi connectivity index (χ1n) is 8.92. The molecule has 2 aliphatic rings. The van der Waals surface area contributed by atoms with Crippen molar-refractivity contribution in [1.82, 2.24) is 9.88 Å². The number of cyclic esters (lactones) is 1. The van der Waals surface area contributed by atoms with Crippen LogP contribution in [0.4, 0.5) is 0 Å². The number of nitrogens with zero attached hydrogens (tertiary/aromatic N) is 2. The Balaban J connectivity index is 2.23. The molecule has 0 saturated carbocycles. The van der Waals surface area contributed by atoms with Crippen LogP contribution in [-0.4, -0.2) is 28.9 Å². The third-order valence-electron chi connectivity index (χ3n) is 5.25. The van der Waals surface area contributed by atoms with E-state index in [4.69, 9.17) is 4.74 Å². The van der Waals surface area contributed by atoms with E-state index in [1.807, 2.05) is 19.9 Å². The predicted molar refractivity (Wildman–Crippen MR) is 101 cm³/mol. The van der Waals surface area contributed by atoms with Gasteiger partial charge in [-0.2, -0.15) is 0 Å². The maximum absolute atomic E-state index is 12.1. The highest BCUT2D eigenvalue weighted by Crippen LogP contribution is 2.35. The molecule has 0 aromatic carbocycles. The lowest BCUT2D eigenvalue weighted by Gasteiger charge is -2.24. The zero-order valence-corrected chi connectivity index (χ0v) is 15.6. The molecule has 5 nitrogen and oxygen atoms in total. The van der Waals surface area contributed by atoms with E-state index >= 15 is 0 Å². The van der Waals surface area contributed by atoms with Crippen LogP contribution in [0, 0.1) is 5.92 Å². The smallest absolute Gasteiger partial charge is 0.313 e. The fourth-order valence-electron chi connectivity index (χ4n) is 3.76. The van der Waals surface area contributed by atoms with Gasteiger partial charge in [0.2, 0.25) is 6.41 Å². The van der Waals surface area contributed by atoms with Crippen LogP contribution in [0.2, 0.25) is 0 Å². The van der Waals surface area contributed by atoms with Gasteiger partial charge in [-0.25, -0.2) is 4.98 Å². The number of carbonyl (C=O) groups excluding carboxylic acids is 2. The number of hydrogen-bond donors (Lipinski definition) is 0. The molecular formula is C21H24N2O3. The number of pyridine rings is 1. The summed E-state index contributed by atoms with van der Waals surface area (Å²) in [7, 11) is 0. The summed E-state index contributed by atoms with van der Waals surface area (Å²) >= 11 is 0. The van der Waals surface area contributed by atoms with Gasteiger partial charge in [-0.1, -0.05) is 27.0 Å². The number of aromatic nitrogens is 1. The first-order chi connectivity index (χ1) is 12.4. The molecule has 5 heteroatoms. The lowest BCUT2D eigenvalue weighted by atomic mass is 9.89. The quantitative estimate of drug-likeness (QED) is 0.611. The Morgan fingerprint density at radius 1 is 1.35 bits per heavy atom. The maximum atomic E-state index is 12.1. The largest absolute Gasteiger partial charge is 0.461 e. The van der Waals surface area contributed by atoms with Crippen LogP contribution in [0.5, 0.6) is 0 Å². The zero-order valence-electron chi connectivity index (χ0n) is 15.6. The van der Waals surface area contributed by atoms with Crippen molar-refractivity contribution >= 4 is 31.2 Å². The lowest BCUT2D eigenvalue weighted by Crippen LogP contribution is -2.31. The summed E-state index contributed by atoms with van der Waals surface area (Å²) in [5, 5.41) is 1.46. The predicted octanol–water partition coefficient (Wildman–Crippen LogP) is 1.68. The summed E-state index contributed by atoms with van der Waals surface area (Å²) in [6.45, 7) is 14.8. The summed E-state index contributed by atoms with van der Waals surface area (Å²) in [5.74, 6) is -0.528. The molecule has 1 aromatic heterocycles. The van der Waals surface area contributed by atoms with Gasteiger partial charge < -0.3 is 9.64 Å². The Hall–Kier alpha value is -2.69. The summed E-state index contributed by atoms with van der Waals surface area (Å²) in [6, 6.07) is 0. The van der Waals surface area contributed by atoms with Crippen LogP contribution in [0.25, 0.3) is 18.9 Å². The monoisotopic (exact) mass is 352 g/mol. The summed E-state index contributed by atoms with van der Waals surface area (Å²) < 4.78 is 5.24. The van der Waals surface area contributed by atoms with Crippen molar-refractivity contribution in [2.75, 3.05) is 6.61 Å². The van der Waals surface area contributed by atoms with Gasteiger partial charge in [-0.05, 0) is 47.8 Å². The van der Waals surface area contributed by atoms with Crippen LogP contribution in [0.1, 0.15) is 44.0 Å². The standard InChI is InChI=1S/C21H24N2O3/c1-6-15-13(4)14(5)22-20-18(15)9-23(11-24)19(20)8-17-12(3)10-26-21(25)16(17)7-2/h8,11,16H,4-7,9-10H2,1-3H3/b19-8-. The molecule has 0 saturated heterocycles. The molecule has 0 N–H and O–H groups in total. The molecule has 0 spiro atoms. The average Bonchev–Trinajstić information content (AvgIpc) is 2.96. The molecule has 1 atom stereocenters. The van der Waals surface area contributed by atoms with Crippen molar-refractivity contribution in [3.05, 3.63) is 44.6 Å². The van der Waals surface area contributed by atoms with Crippen molar-refractivity contribution in [3.63, 3.8) is 0 Å². The topological polar surface area (TPSA) is 59.5 Å².